The van der Waals surface area contributed by atoms with E-state index in [9.17, 15) is 4.79 Å². The summed E-state index contributed by atoms with van der Waals surface area (Å²) in [6, 6.07) is 3.36. The lowest BCUT2D eigenvalue weighted by Crippen LogP contribution is -2.08. The molecular formula is C12H11N5OS2. The molecule has 3 aromatic heterocycles. The molecule has 3 rings (SSSR count). The van der Waals surface area contributed by atoms with Crippen LogP contribution in [0.15, 0.2) is 27.5 Å². The smallest absolute Gasteiger partial charge is 0.251 e. The highest BCUT2D eigenvalue weighted by molar-refractivity contribution is 7.98. The van der Waals surface area contributed by atoms with Gasteiger partial charge in [0.2, 0.25) is 0 Å². The van der Waals surface area contributed by atoms with Crippen molar-refractivity contribution in [2.24, 2.45) is 0 Å². The van der Waals surface area contributed by atoms with Gasteiger partial charge in [0.1, 0.15) is 16.5 Å². The van der Waals surface area contributed by atoms with Gasteiger partial charge < -0.3 is 10.7 Å². The first kappa shape index (κ1) is 13.1. The number of thioether (sulfide) groups is 1. The van der Waals surface area contributed by atoms with Crippen molar-refractivity contribution in [3.63, 3.8) is 0 Å². The van der Waals surface area contributed by atoms with Gasteiger partial charge in [-0.15, -0.1) is 11.3 Å². The topological polar surface area (TPSA) is 97.5 Å². The van der Waals surface area contributed by atoms with E-state index in [1.165, 1.54) is 29.2 Å². The molecule has 0 fully saturated rings. The Morgan fingerprint density at radius 2 is 2.25 bits per heavy atom. The summed E-state index contributed by atoms with van der Waals surface area (Å²) in [5.41, 5.74) is 6.42. The fraction of sp³-hybridized carbons (Fsp3) is 0.167. The molecule has 0 radical (unpaired) electrons. The van der Waals surface area contributed by atoms with E-state index >= 15 is 0 Å². The number of hydrogen-bond acceptors (Lipinski definition) is 7. The number of aryl methyl sites for hydroxylation is 1. The summed E-state index contributed by atoms with van der Waals surface area (Å²) in [4.78, 5) is 27.9. The van der Waals surface area contributed by atoms with Crippen LogP contribution in [0, 0.1) is 6.92 Å². The maximum Gasteiger partial charge on any atom is 0.251 e. The Bertz CT molecular complexity index is 826. The number of thiophene rings is 1. The summed E-state index contributed by atoms with van der Waals surface area (Å²) < 4.78 is 0. The first-order valence-electron chi connectivity index (χ1n) is 5.82. The van der Waals surface area contributed by atoms with Crippen LogP contribution >= 0.6 is 23.1 Å². The molecule has 0 bridgehead atoms. The number of H-pyrrole nitrogens is 1. The summed E-state index contributed by atoms with van der Waals surface area (Å²) in [6.45, 7) is 1.78. The first-order chi connectivity index (χ1) is 9.61. The zero-order valence-electron chi connectivity index (χ0n) is 10.6. The number of aromatic amines is 1. The van der Waals surface area contributed by atoms with Gasteiger partial charge in [0, 0.05) is 11.8 Å². The Hall–Kier alpha value is -1.93. The second kappa shape index (κ2) is 5.22. The zero-order valence-corrected chi connectivity index (χ0v) is 12.2. The normalized spacial score (nSPS) is 11.1. The Kier molecular flexibility index (Phi) is 3.41. The number of nitrogens with zero attached hydrogens (tertiary/aromatic N) is 3. The molecule has 0 atom stereocenters. The molecule has 0 aliphatic rings. The quantitative estimate of drug-likeness (QED) is 0.567. The monoisotopic (exact) mass is 305 g/mol. The average Bonchev–Trinajstić information content (AvgIpc) is 2.84. The number of rotatable bonds is 3. The van der Waals surface area contributed by atoms with Gasteiger partial charge in [-0.05, 0) is 18.4 Å². The van der Waals surface area contributed by atoms with E-state index in [1.54, 1.807) is 6.92 Å². The molecule has 0 aliphatic carbocycles. The molecule has 3 aromatic rings. The standard InChI is InChI=1S/C12H11N5OS2/c1-6-4-9(18)17-12(14-6)20-5-8-15-10(13)7-2-3-19-11(7)16-8/h2-4H,5H2,1H3,(H2,13,15,16)(H,14,17,18). The van der Waals surface area contributed by atoms with Crippen molar-refractivity contribution in [1.82, 2.24) is 19.9 Å². The summed E-state index contributed by atoms with van der Waals surface area (Å²) in [5.74, 6) is 1.62. The Morgan fingerprint density at radius 3 is 3.05 bits per heavy atom. The van der Waals surface area contributed by atoms with Gasteiger partial charge in [0.05, 0.1) is 11.1 Å². The number of hydrogen-bond donors (Lipinski definition) is 2. The number of aromatic nitrogens is 4. The molecule has 0 spiro atoms. The lowest BCUT2D eigenvalue weighted by atomic mass is 10.4. The van der Waals surface area contributed by atoms with Crippen LogP contribution in [-0.2, 0) is 5.75 Å². The highest BCUT2D eigenvalue weighted by atomic mass is 32.2. The molecular weight excluding hydrogens is 294 g/mol. The van der Waals surface area contributed by atoms with Crippen molar-refractivity contribution in [2.75, 3.05) is 5.73 Å². The lowest BCUT2D eigenvalue weighted by molar-refractivity contribution is 0.903. The fourth-order valence-corrected chi connectivity index (χ4v) is 3.31. The minimum Gasteiger partial charge on any atom is -0.383 e. The predicted octanol–water partition coefficient (Wildman–Crippen LogP) is 1.96. The van der Waals surface area contributed by atoms with Gasteiger partial charge >= 0.3 is 0 Å². The van der Waals surface area contributed by atoms with E-state index in [4.69, 9.17) is 5.73 Å². The van der Waals surface area contributed by atoms with Crippen molar-refractivity contribution < 1.29 is 0 Å². The number of fused-ring (bicyclic) bond motifs is 1. The van der Waals surface area contributed by atoms with Crippen molar-refractivity contribution >= 4 is 39.1 Å². The number of anilines is 1. The Morgan fingerprint density at radius 1 is 1.40 bits per heavy atom. The maximum absolute atomic E-state index is 11.4. The summed E-state index contributed by atoms with van der Waals surface area (Å²) in [5, 5.41) is 3.38. The third-order valence-corrected chi connectivity index (χ3v) is 4.26. The van der Waals surface area contributed by atoms with E-state index < -0.39 is 0 Å². The van der Waals surface area contributed by atoms with Gasteiger partial charge in [0.25, 0.3) is 5.56 Å². The van der Waals surface area contributed by atoms with Gasteiger partial charge in [-0.25, -0.2) is 15.0 Å². The van der Waals surface area contributed by atoms with Gasteiger partial charge in [-0.2, -0.15) is 0 Å². The Labute approximate surface area is 122 Å². The van der Waals surface area contributed by atoms with Gasteiger partial charge in [0.15, 0.2) is 5.16 Å². The van der Waals surface area contributed by atoms with E-state index in [1.807, 2.05) is 11.4 Å². The number of nitrogens with one attached hydrogen (secondary N) is 1. The second-order valence-electron chi connectivity index (χ2n) is 4.15. The fourth-order valence-electron chi connectivity index (χ4n) is 1.74. The summed E-state index contributed by atoms with van der Waals surface area (Å²) in [6.07, 6.45) is 0. The van der Waals surface area contributed by atoms with E-state index in [0.29, 0.717) is 28.2 Å². The number of nitrogen functional groups attached to an aromatic ring is 1. The molecule has 0 aromatic carbocycles. The molecule has 102 valence electrons. The van der Waals surface area contributed by atoms with Crippen LogP contribution in [0.5, 0.6) is 0 Å². The van der Waals surface area contributed by atoms with Gasteiger partial charge in [-0.1, -0.05) is 11.8 Å². The lowest BCUT2D eigenvalue weighted by Gasteiger charge is -2.03. The minimum absolute atomic E-state index is 0.158. The predicted molar refractivity (Wildman–Crippen MR) is 81.0 cm³/mol. The molecule has 0 amide bonds. The van der Waals surface area contributed by atoms with Crippen molar-refractivity contribution in [2.45, 2.75) is 17.8 Å². The van der Waals surface area contributed by atoms with Crippen molar-refractivity contribution in [3.8, 4) is 0 Å². The SMILES string of the molecule is Cc1cc(=O)[nH]c(SCc2nc(N)c3ccsc3n2)n1. The highest BCUT2D eigenvalue weighted by Crippen LogP contribution is 2.25. The first-order valence-corrected chi connectivity index (χ1v) is 7.69. The van der Waals surface area contributed by atoms with E-state index in [0.717, 1.165) is 10.2 Å². The van der Waals surface area contributed by atoms with Crippen molar-refractivity contribution in [1.29, 1.82) is 0 Å². The van der Waals surface area contributed by atoms with Crippen molar-refractivity contribution in [3.05, 3.63) is 39.4 Å². The zero-order chi connectivity index (χ0) is 14.1. The van der Waals surface area contributed by atoms with Crippen LogP contribution in [0.4, 0.5) is 5.82 Å². The largest absolute Gasteiger partial charge is 0.383 e. The summed E-state index contributed by atoms with van der Waals surface area (Å²) in [7, 11) is 0. The molecule has 0 saturated carbocycles. The van der Waals surface area contributed by atoms with Crippen LogP contribution in [-0.4, -0.2) is 19.9 Å². The highest BCUT2D eigenvalue weighted by Gasteiger charge is 2.08. The van der Waals surface area contributed by atoms with Gasteiger partial charge in [-0.3, -0.25) is 4.79 Å². The van der Waals surface area contributed by atoms with Crippen LogP contribution in [0.2, 0.25) is 0 Å². The van der Waals surface area contributed by atoms with Crippen LogP contribution < -0.4 is 11.3 Å². The molecule has 3 heterocycles. The maximum atomic E-state index is 11.4. The molecule has 0 saturated heterocycles. The Balaban J connectivity index is 1.84. The van der Waals surface area contributed by atoms with Crippen LogP contribution in [0.25, 0.3) is 10.2 Å². The third-order valence-electron chi connectivity index (χ3n) is 2.59. The average molecular weight is 305 g/mol. The molecule has 3 N–H and O–H groups in total. The molecule has 20 heavy (non-hydrogen) atoms. The molecule has 8 heteroatoms. The van der Waals surface area contributed by atoms with E-state index in [-0.39, 0.29) is 5.56 Å². The second-order valence-corrected chi connectivity index (χ2v) is 6.00. The van der Waals surface area contributed by atoms with E-state index in [2.05, 4.69) is 19.9 Å². The number of nitrogens with two attached hydrogens (primary N) is 1. The molecule has 0 aliphatic heterocycles. The summed E-state index contributed by atoms with van der Waals surface area (Å²) >= 11 is 2.91. The third kappa shape index (κ3) is 2.66. The van der Waals surface area contributed by atoms with Crippen LogP contribution in [0.3, 0.4) is 0 Å². The molecule has 6 nitrogen and oxygen atoms in total. The minimum atomic E-state index is -0.158. The molecule has 0 unspecified atom stereocenters. The van der Waals surface area contributed by atoms with Crippen LogP contribution in [0.1, 0.15) is 11.5 Å².